The molecule has 0 aliphatic heterocycles. The molecular formula is C23H44N4O10S2. The molecule has 14 nitrogen and oxygen atoms in total. The van der Waals surface area contributed by atoms with Gasteiger partial charge in [-0.1, -0.05) is 21.6 Å². The second-order valence-corrected chi connectivity index (χ2v) is 10.5. The molecule has 0 aromatic heterocycles. The summed E-state index contributed by atoms with van der Waals surface area (Å²) in [5.74, 6) is -1.37. The number of esters is 1. The second kappa shape index (κ2) is 25.2. The normalized spacial score (nSPS) is 13.2. The van der Waals surface area contributed by atoms with Gasteiger partial charge in [-0.2, -0.15) is 0 Å². The van der Waals surface area contributed by atoms with E-state index >= 15 is 0 Å². The van der Waals surface area contributed by atoms with Crippen molar-refractivity contribution in [3.63, 3.8) is 0 Å². The van der Waals surface area contributed by atoms with Gasteiger partial charge in [-0.05, 0) is 33.2 Å². The van der Waals surface area contributed by atoms with Crippen LogP contribution in [0.15, 0.2) is 0 Å². The Hall–Kier alpha value is -1.82. The van der Waals surface area contributed by atoms with Crippen LogP contribution in [0.4, 0.5) is 4.79 Å². The predicted molar refractivity (Wildman–Crippen MR) is 149 cm³/mol. The average Bonchev–Trinajstić information content (AvgIpc) is 2.91. The number of carboxylic acid groups (broad SMARTS) is 1. The van der Waals surface area contributed by atoms with Crippen molar-refractivity contribution >= 4 is 45.5 Å². The second-order valence-electron chi connectivity index (χ2n) is 7.94. The Morgan fingerprint density at radius 1 is 0.897 bits per heavy atom. The number of hydrogen-bond acceptors (Lipinski definition) is 13. The molecule has 0 bridgehead atoms. The lowest BCUT2D eigenvalue weighted by molar-refractivity contribution is -0.145. The lowest BCUT2D eigenvalue weighted by Gasteiger charge is -2.17. The third kappa shape index (κ3) is 20.7. The van der Waals surface area contributed by atoms with Crippen molar-refractivity contribution in [2.24, 2.45) is 5.73 Å². The number of amides is 2. The smallest absolute Gasteiger partial charge is 0.407 e. The monoisotopic (exact) mass is 600 g/mol. The summed E-state index contributed by atoms with van der Waals surface area (Å²) in [6.07, 6.45) is 0.943. The van der Waals surface area contributed by atoms with Crippen molar-refractivity contribution in [1.29, 1.82) is 0 Å². The number of nitrogens with one attached hydrogen (secondary N) is 3. The highest BCUT2D eigenvalue weighted by atomic mass is 33.1. The van der Waals surface area contributed by atoms with Crippen LogP contribution < -0.4 is 21.7 Å². The summed E-state index contributed by atoms with van der Waals surface area (Å²) in [5, 5.41) is 17.4. The van der Waals surface area contributed by atoms with Crippen LogP contribution in [0.2, 0.25) is 0 Å². The molecular weight excluding hydrogens is 556 g/mol. The van der Waals surface area contributed by atoms with Gasteiger partial charge in [-0.3, -0.25) is 9.59 Å². The van der Waals surface area contributed by atoms with Crippen LogP contribution in [0, 0.1) is 0 Å². The molecule has 6 N–H and O–H groups in total. The molecule has 2 amide bonds. The average molecular weight is 601 g/mol. The Bertz CT molecular complexity index is 693. The molecule has 0 aliphatic carbocycles. The topological polar surface area (TPSA) is 197 Å². The number of rotatable bonds is 25. The molecule has 0 saturated heterocycles. The van der Waals surface area contributed by atoms with Crippen molar-refractivity contribution < 1.29 is 48.0 Å². The van der Waals surface area contributed by atoms with Gasteiger partial charge >= 0.3 is 18.0 Å². The van der Waals surface area contributed by atoms with Gasteiger partial charge in [0.25, 0.3) is 0 Å². The summed E-state index contributed by atoms with van der Waals surface area (Å²) >= 11 is 0. The minimum Gasteiger partial charge on any atom is -0.480 e. The highest BCUT2D eigenvalue weighted by molar-refractivity contribution is 8.76. The van der Waals surface area contributed by atoms with Gasteiger partial charge < -0.3 is 50.5 Å². The Morgan fingerprint density at radius 3 is 2.10 bits per heavy atom. The summed E-state index contributed by atoms with van der Waals surface area (Å²) < 4.78 is 25.1. The third-order valence-corrected chi connectivity index (χ3v) is 7.32. The van der Waals surface area contributed by atoms with E-state index in [9.17, 15) is 24.3 Å². The molecule has 0 aromatic rings. The highest BCUT2D eigenvalue weighted by Crippen LogP contribution is 2.23. The molecule has 228 valence electrons. The fourth-order valence-electron chi connectivity index (χ4n) is 2.73. The van der Waals surface area contributed by atoms with Crippen LogP contribution in [-0.4, -0.2) is 126 Å². The van der Waals surface area contributed by atoms with Crippen LogP contribution in [0.3, 0.4) is 0 Å². The van der Waals surface area contributed by atoms with Gasteiger partial charge in [0.1, 0.15) is 18.7 Å². The van der Waals surface area contributed by atoms with Gasteiger partial charge in [-0.15, -0.1) is 0 Å². The lowest BCUT2D eigenvalue weighted by atomic mass is 10.1. The molecule has 0 aromatic carbocycles. The number of likely N-dealkylation sites (N-methyl/N-ethyl adjacent to an activating group) is 1. The van der Waals surface area contributed by atoms with Crippen LogP contribution in [0.5, 0.6) is 0 Å². The maximum absolute atomic E-state index is 12.4. The van der Waals surface area contributed by atoms with E-state index in [1.807, 2.05) is 0 Å². The molecule has 0 radical (unpaired) electrons. The van der Waals surface area contributed by atoms with E-state index in [2.05, 4.69) is 16.0 Å². The van der Waals surface area contributed by atoms with E-state index < -0.39 is 36.2 Å². The maximum Gasteiger partial charge on any atom is 0.407 e. The number of alkyl carbamates (subject to hydrolysis) is 1. The first-order chi connectivity index (χ1) is 18.8. The van der Waals surface area contributed by atoms with Crippen LogP contribution in [-0.2, 0) is 38.1 Å². The first-order valence-electron chi connectivity index (χ1n) is 12.7. The zero-order chi connectivity index (χ0) is 29.3. The molecule has 3 atom stereocenters. The third-order valence-electron chi connectivity index (χ3n) is 4.90. The van der Waals surface area contributed by atoms with Crippen LogP contribution in [0.1, 0.15) is 26.2 Å². The van der Waals surface area contributed by atoms with Crippen LogP contribution in [0.25, 0.3) is 0 Å². The van der Waals surface area contributed by atoms with Crippen molar-refractivity contribution in [3.05, 3.63) is 0 Å². The van der Waals surface area contributed by atoms with Gasteiger partial charge in [-0.25, -0.2) is 9.59 Å². The van der Waals surface area contributed by atoms with Crippen molar-refractivity contribution in [3.8, 4) is 0 Å². The summed E-state index contributed by atoms with van der Waals surface area (Å²) in [4.78, 5) is 47.3. The number of nitrogens with two attached hydrogens (primary N) is 1. The van der Waals surface area contributed by atoms with E-state index in [1.165, 1.54) is 21.6 Å². The summed E-state index contributed by atoms with van der Waals surface area (Å²) in [7, 11) is 5.76. The highest BCUT2D eigenvalue weighted by Gasteiger charge is 2.22. The van der Waals surface area contributed by atoms with Gasteiger partial charge in [0.2, 0.25) is 5.91 Å². The first-order valence-corrected chi connectivity index (χ1v) is 15.2. The molecule has 0 rings (SSSR count). The van der Waals surface area contributed by atoms with E-state index in [0.29, 0.717) is 58.0 Å². The number of carbonyl (C=O) groups excluding carboxylic acids is 3. The zero-order valence-electron chi connectivity index (χ0n) is 22.9. The number of ether oxygens (including phenoxy) is 5. The van der Waals surface area contributed by atoms with Crippen molar-refractivity contribution in [2.75, 3.05) is 78.5 Å². The summed E-state index contributed by atoms with van der Waals surface area (Å²) in [5.41, 5.74) is 5.75. The number of carboxylic acids is 1. The maximum atomic E-state index is 12.4. The number of aliphatic carboxylic acids is 1. The minimum atomic E-state index is -1.20. The molecule has 0 fully saturated rings. The number of unbranched alkanes of at least 4 members (excludes halogenated alkanes) is 1. The van der Waals surface area contributed by atoms with Crippen LogP contribution >= 0.6 is 21.6 Å². The van der Waals surface area contributed by atoms with Gasteiger partial charge in [0.05, 0.1) is 45.7 Å². The Balaban J connectivity index is 4.07. The molecule has 0 saturated carbocycles. The number of carbonyl (C=O) groups is 4. The summed E-state index contributed by atoms with van der Waals surface area (Å²) in [6, 6.07) is -2.31. The van der Waals surface area contributed by atoms with E-state index in [0.717, 1.165) is 0 Å². The van der Waals surface area contributed by atoms with Gasteiger partial charge in [0, 0.05) is 25.2 Å². The largest absolute Gasteiger partial charge is 0.480 e. The van der Waals surface area contributed by atoms with E-state index in [-0.39, 0.29) is 31.5 Å². The fraction of sp³-hybridized carbons (Fsp3) is 0.826. The number of methoxy groups -OCH3 is 1. The van der Waals surface area contributed by atoms with Gasteiger partial charge in [0.15, 0.2) is 0 Å². The van der Waals surface area contributed by atoms with Crippen molar-refractivity contribution in [2.45, 2.75) is 44.3 Å². The minimum absolute atomic E-state index is 0.0324. The lowest BCUT2D eigenvalue weighted by Crippen LogP contribution is -2.44. The van der Waals surface area contributed by atoms with E-state index in [1.54, 1.807) is 21.1 Å². The molecule has 0 spiro atoms. The first kappa shape index (κ1) is 37.2. The molecule has 3 unspecified atom stereocenters. The Kier molecular flexibility index (Phi) is 24.0. The molecule has 0 aliphatic rings. The van der Waals surface area contributed by atoms with E-state index in [4.69, 9.17) is 29.4 Å². The number of hydrogen-bond donors (Lipinski definition) is 5. The quantitative estimate of drug-likeness (QED) is 0.0533. The SMILES string of the molecule is CCOC(=O)C(N)CCCCNC(=O)C(CSSCC(NC(=O)OCCOCCOCCOC)C(=O)O)NC. The fourth-order valence-corrected chi connectivity index (χ4v) is 5.13. The predicted octanol–water partition coefficient (Wildman–Crippen LogP) is -0.00830. The Morgan fingerprint density at radius 2 is 1.51 bits per heavy atom. The van der Waals surface area contributed by atoms with Crippen molar-refractivity contribution in [1.82, 2.24) is 16.0 Å². The standard InChI is InChI=1S/C23H44N4O10S2/c1-4-36-22(31)17(24)7-5-6-8-26-20(28)18(25-2)15-38-39-16-19(21(29)30)27-23(32)37-14-13-35-12-11-34-10-9-33-3/h17-19,25H,4-16,24H2,1-3H3,(H,26,28)(H,27,32)(H,29,30). The Labute approximate surface area is 237 Å². The molecule has 0 heterocycles. The molecule has 39 heavy (non-hydrogen) atoms. The summed E-state index contributed by atoms with van der Waals surface area (Å²) in [6.45, 7) is 4.23. The zero-order valence-corrected chi connectivity index (χ0v) is 24.6. The molecule has 16 heteroatoms.